The summed E-state index contributed by atoms with van der Waals surface area (Å²) in [5.74, 6) is 0. The molecule has 0 aromatic carbocycles. The maximum absolute atomic E-state index is 5.22. The fourth-order valence-electron chi connectivity index (χ4n) is 1.21. The zero-order valence-corrected chi connectivity index (χ0v) is 10.8. The summed E-state index contributed by atoms with van der Waals surface area (Å²) in [6.07, 6.45) is 1.85. The van der Waals surface area contributed by atoms with E-state index in [1.165, 1.54) is 0 Å². The van der Waals surface area contributed by atoms with Gasteiger partial charge in [-0.15, -0.1) is 0 Å². The molecule has 0 fully saturated rings. The maximum atomic E-state index is 5.22. The molecule has 0 atom stereocenters. The van der Waals surface area contributed by atoms with Gasteiger partial charge < -0.3 is 9.97 Å². The minimum Gasteiger partial charge on any atom is -0.347 e. The standard InChI is InChI=1S/C8H7BrN2S.C2H6/c1-4-2-5-7(12)6(9)3-10-8(5)11-4;1-2/h2-3H,1H3,(H2,10,11,12);1-2H3. The molecule has 0 bridgehead atoms. The Morgan fingerprint density at radius 1 is 1.36 bits per heavy atom. The van der Waals surface area contributed by atoms with Crippen molar-refractivity contribution in [2.45, 2.75) is 20.8 Å². The Kier molecular flexibility index (Phi) is 3.89. The number of fused-ring (bicyclic) bond motifs is 1. The van der Waals surface area contributed by atoms with Crippen molar-refractivity contribution < 1.29 is 0 Å². The summed E-state index contributed by atoms with van der Waals surface area (Å²) in [6, 6.07) is 2.04. The van der Waals surface area contributed by atoms with E-state index in [-0.39, 0.29) is 0 Å². The predicted octanol–water partition coefficient (Wildman–Crippen LogP) is 4.32. The predicted molar refractivity (Wildman–Crippen MR) is 67.3 cm³/mol. The topological polar surface area (TPSA) is 31.6 Å². The largest absolute Gasteiger partial charge is 0.347 e. The van der Waals surface area contributed by atoms with Crippen LogP contribution in [0.15, 0.2) is 16.7 Å². The molecule has 0 aliphatic carbocycles. The average Bonchev–Trinajstić information content (AvgIpc) is 2.57. The van der Waals surface area contributed by atoms with Crippen molar-refractivity contribution in [2.75, 3.05) is 0 Å². The van der Waals surface area contributed by atoms with Gasteiger partial charge in [-0.2, -0.15) is 0 Å². The number of aromatic nitrogens is 2. The van der Waals surface area contributed by atoms with Crippen molar-refractivity contribution in [1.82, 2.24) is 9.97 Å². The van der Waals surface area contributed by atoms with Gasteiger partial charge in [-0.05, 0) is 28.9 Å². The molecule has 76 valence electrons. The Balaban J connectivity index is 0.000000461. The van der Waals surface area contributed by atoms with Crippen LogP contribution in [0, 0.1) is 11.4 Å². The Labute approximate surface area is 96.9 Å². The van der Waals surface area contributed by atoms with Crippen molar-refractivity contribution >= 4 is 39.2 Å². The molecule has 2 aromatic rings. The summed E-state index contributed by atoms with van der Waals surface area (Å²) in [4.78, 5) is 6.30. The van der Waals surface area contributed by atoms with Gasteiger partial charge in [0.05, 0.1) is 8.98 Å². The van der Waals surface area contributed by atoms with E-state index in [1.54, 1.807) is 0 Å². The monoisotopic (exact) mass is 272 g/mol. The molecule has 14 heavy (non-hydrogen) atoms. The molecular formula is C10H13BrN2S. The summed E-state index contributed by atoms with van der Waals surface area (Å²) in [6.45, 7) is 6.01. The highest BCUT2D eigenvalue weighted by Crippen LogP contribution is 2.20. The molecule has 0 unspecified atom stereocenters. The molecule has 2 rings (SSSR count). The molecule has 2 N–H and O–H groups in total. The number of aryl methyl sites for hydroxylation is 1. The lowest BCUT2D eigenvalue weighted by atomic mass is 10.3. The molecule has 2 heterocycles. The number of pyridine rings is 1. The van der Waals surface area contributed by atoms with Crippen LogP contribution in [0.25, 0.3) is 11.0 Å². The third-order valence-electron chi connectivity index (χ3n) is 1.76. The Morgan fingerprint density at radius 2 is 2.00 bits per heavy atom. The van der Waals surface area contributed by atoms with Crippen LogP contribution in [-0.4, -0.2) is 9.97 Å². The number of hydrogen-bond donors (Lipinski definition) is 2. The number of aromatic amines is 2. The number of halogens is 1. The summed E-state index contributed by atoms with van der Waals surface area (Å²) in [7, 11) is 0. The van der Waals surface area contributed by atoms with Gasteiger partial charge in [0.1, 0.15) is 5.65 Å². The fourth-order valence-corrected chi connectivity index (χ4v) is 1.76. The van der Waals surface area contributed by atoms with Crippen LogP contribution in [0.1, 0.15) is 19.5 Å². The van der Waals surface area contributed by atoms with E-state index in [4.69, 9.17) is 12.2 Å². The molecule has 0 radical (unpaired) electrons. The molecule has 0 amide bonds. The Morgan fingerprint density at radius 3 is 2.64 bits per heavy atom. The van der Waals surface area contributed by atoms with E-state index in [2.05, 4.69) is 25.9 Å². The van der Waals surface area contributed by atoms with E-state index in [0.717, 1.165) is 25.7 Å². The van der Waals surface area contributed by atoms with Crippen LogP contribution in [0.2, 0.25) is 0 Å². The van der Waals surface area contributed by atoms with E-state index in [0.29, 0.717) is 0 Å². The van der Waals surface area contributed by atoms with Gasteiger partial charge in [-0.1, -0.05) is 26.1 Å². The maximum Gasteiger partial charge on any atom is 0.116 e. The summed E-state index contributed by atoms with van der Waals surface area (Å²) < 4.78 is 1.79. The quantitative estimate of drug-likeness (QED) is 0.688. The Hall–Kier alpha value is -0.610. The molecule has 0 saturated heterocycles. The van der Waals surface area contributed by atoms with Crippen LogP contribution >= 0.6 is 28.1 Å². The fraction of sp³-hybridized carbons (Fsp3) is 0.300. The van der Waals surface area contributed by atoms with Crippen molar-refractivity contribution in [1.29, 1.82) is 0 Å². The number of H-pyrrole nitrogens is 2. The lowest BCUT2D eigenvalue weighted by Crippen LogP contribution is -1.77. The second-order valence-electron chi connectivity index (χ2n) is 2.71. The van der Waals surface area contributed by atoms with Crippen LogP contribution in [-0.2, 0) is 0 Å². The summed E-state index contributed by atoms with van der Waals surface area (Å²) in [5.41, 5.74) is 2.10. The first-order valence-electron chi connectivity index (χ1n) is 4.55. The van der Waals surface area contributed by atoms with Gasteiger partial charge in [0.25, 0.3) is 0 Å². The van der Waals surface area contributed by atoms with Gasteiger partial charge >= 0.3 is 0 Å². The van der Waals surface area contributed by atoms with Gasteiger partial charge in [-0.3, -0.25) is 0 Å². The lowest BCUT2D eigenvalue weighted by molar-refractivity contribution is 1.24. The highest BCUT2D eigenvalue weighted by Gasteiger charge is 2.00. The van der Waals surface area contributed by atoms with Gasteiger partial charge in [0.2, 0.25) is 0 Å². The number of rotatable bonds is 0. The molecule has 0 spiro atoms. The first kappa shape index (κ1) is 11.5. The zero-order chi connectivity index (χ0) is 10.7. The van der Waals surface area contributed by atoms with Crippen molar-refractivity contribution in [3.05, 3.63) is 26.9 Å². The minimum absolute atomic E-state index is 0.855. The van der Waals surface area contributed by atoms with Crippen molar-refractivity contribution in [3.8, 4) is 0 Å². The van der Waals surface area contributed by atoms with Gasteiger partial charge in [0, 0.05) is 17.3 Å². The first-order valence-corrected chi connectivity index (χ1v) is 5.75. The van der Waals surface area contributed by atoms with Gasteiger partial charge in [-0.25, -0.2) is 0 Å². The first-order chi connectivity index (χ1) is 6.68. The highest BCUT2D eigenvalue weighted by atomic mass is 79.9. The normalized spacial score (nSPS) is 9.71. The van der Waals surface area contributed by atoms with Crippen LogP contribution in [0.3, 0.4) is 0 Å². The second kappa shape index (κ2) is 4.75. The van der Waals surface area contributed by atoms with Gasteiger partial charge in [0.15, 0.2) is 0 Å². The van der Waals surface area contributed by atoms with E-state index in [9.17, 15) is 0 Å². The second-order valence-corrected chi connectivity index (χ2v) is 3.97. The molecule has 2 aromatic heterocycles. The van der Waals surface area contributed by atoms with E-state index in [1.807, 2.05) is 33.0 Å². The number of hydrogen-bond acceptors (Lipinski definition) is 1. The highest BCUT2D eigenvalue weighted by molar-refractivity contribution is 9.10. The minimum atomic E-state index is 0.855. The summed E-state index contributed by atoms with van der Waals surface area (Å²) >= 11 is 8.60. The van der Waals surface area contributed by atoms with E-state index >= 15 is 0 Å². The molecular weight excluding hydrogens is 260 g/mol. The average molecular weight is 273 g/mol. The van der Waals surface area contributed by atoms with Crippen LogP contribution in [0.4, 0.5) is 0 Å². The Bertz CT molecular complexity index is 484. The van der Waals surface area contributed by atoms with E-state index < -0.39 is 0 Å². The lowest BCUT2D eigenvalue weighted by Gasteiger charge is -1.92. The zero-order valence-electron chi connectivity index (χ0n) is 8.44. The molecule has 0 aliphatic rings. The van der Waals surface area contributed by atoms with Crippen LogP contribution in [0.5, 0.6) is 0 Å². The third-order valence-corrected chi connectivity index (χ3v) is 3.08. The smallest absolute Gasteiger partial charge is 0.116 e. The van der Waals surface area contributed by atoms with Crippen molar-refractivity contribution in [2.24, 2.45) is 0 Å². The van der Waals surface area contributed by atoms with Crippen molar-refractivity contribution in [3.63, 3.8) is 0 Å². The molecule has 0 saturated carbocycles. The van der Waals surface area contributed by atoms with Crippen LogP contribution < -0.4 is 0 Å². The molecule has 4 heteroatoms. The SMILES string of the molecule is CC.Cc1cc2c(=S)c(Br)c[nH]c2[nH]1. The molecule has 2 nitrogen and oxygen atoms in total. The molecule has 0 aliphatic heterocycles. The number of nitrogens with one attached hydrogen (secondary N) is 2. The third kappa shape index (κ3) is 2.07. The summed E-state index contributed by atoms with van der Waals surface area (Å²) in [5, 5.41) is 1.07.